The molecule has 0 spiro atoms. The fourth-order valence-electron chi connectivity index (χ4n) is 3.35. The van der Waals surface area contributed by atoms with Crippen LogP contribution in [-0.2, 0) is 0 Å². The number of hydrogen-bond donors (Lipinski definition) is 1. The van der Waals surface area contributed by atoms with E-state index in [1.807, 2.05) is 12.1 Å². The van der Waals surface area contributed by atoms with Gasteiger partial charge in [-0.25, -0.2) is 0 Å². The number of carbonyl (C=O) groups is 1. The highest BCUT2D eigenvalue weighted by molar-refractivity contribution is 14.1. The molecule has 0 aliphatic carbocycles. The van der Waals surface area contributed by atoms with Crippen molar-refractivity contribution in [3.8, 4) is 0 Å². The van der Waals surface area contributed by atoms with Gasteiger partial charge >= 0.3 is 0 Å². The molecule has 1 aromatic carbocycles. The van der Waals surface area contributed by atoms with E-state index in [-0.39, 0.29) is 11.9 Å². The lowest BCUT2D eigenvalue weighted by Crippen LogP contribution is -2.50. The lowest BCUT2D eigenvalue weighted by molar-refractivity contribution is 0.0574. The molecule has 2 unspecified atom stereocenters. The van der Waals surface area contributed by atoms with Crippen LogP contribution in [-0.4, -0.2) is 28.9 Å². The minimum absolute atomic E-state index is 0.117. The monoisotopic (exact) mass is 390 g/mol. The summed E-state index contributed by atoms with van der Waals surface area (Å²) in [5.74, 6) is 0.117. The summed E-state index contributed by atoms with van der Waals surface area (Å²) < 4.78 is 0.960. The number of fused-ring (bicyclic) bond motifs is 2. The maximum Gasteiger partial charge on any atom is 0.255 e. The number of hydrogen-bond acceptors (Lipinski definition) is 2. The molecule has 2 atom stereocenters. The third-order valence-corrected chi connectivity index (χ3v) is 5.34. The number of benzene rings is 1. The third kappa shape index (κ3) is 2.50. The first kappa shape index (κ1) is 13.6. The van der Waals surface area contributed by atoms with E-state index < -0.39 is 0 Å². The molecule has 1 aromatic rings. The average molecular weight is 391 g/mol. The molecule has 3 rings (SSSR count). The molecule has 2 aliphatic rings. The zero-order chi connectivity index (χ0) is 13.6. The van der Waals surface area contributed by atoms with Gasteiger partial charge in [0.2, 0.25) is 0 Å². The van der Waals surface area contributed by atoms with Crippen molar-refractivity contribution in [2.75, 3.05) is 0 Å². The molecule has 2 bridgehead atoms. The molecule has 2 heterocycles. The van der Waals surface area contributed by atoms with Gasteiger partial charge in [0.25, 0.3) is 5.91 Å². The van der Waals surface area contributed by atoms with Crippen molar-refractivity contribution >= 4 is 40.1 Å². The Morgan fingerprint density at radius 3 is 2.58 bits per heavy atom. The van der Waals surface area contributed by atoms with E-state index in [2.05, 4.69) is 27.5 Å². The lowest BCUT2D eigenvalue weighted by atomic mass is 9.97. The number of amides is 1. The van der Waals surface area contributed by atoms with Crippen LogP contribution in [0.5, 0.6) is 0 Å². The minimum Gasteiger partial charge on any atom is -0.333 e. The summed E-state index contributed by atoms with van der Waals surface area (Å²) >= 11 is 8.21. The maximum absolute atomic E-state index is 12.8. The zero-order valence-electron chi connectivity index (χ0n) is 10.5. The standard InChI is InChI=1S/C14H16ClIN2O/c15-8-1-4-13(16)12(5-8)14(19)18-10-2-3-11(18)7-9(17)6-10/h1,4-5,9-11H,2-3,6-7,17H2. The number of rotatable bonds is 1. The predicted octanol–water partition coefficient (Wildman–Crippen LogP) is 3.04. The van der Waals surface area contributed by atoms with Crippen molar-refractivity contribution in [2.24, 2.45) is 5.73 Å². The normalized spacial score (nSPS) is 29.6. The van der Waals surface area contributed by atoms with Gasteiger partial charge in [-0.05, 0) is 66.5 Å². The van der Waals surface area contributed by atoms with Crippen molar-refractivity contribution < 1.29 is 4.79 Å². The van der Waals surface area contributed by atoms with Crippen molar-refractivity contribution in [1.82, 2.24) is 4.90 Å². The number of carbonyl (C=O) groups excluding carboxylic acids is 1. The molecular formula is C14H16ClIN2O. The summed E-state index contributed by atoms with van der Waals surface area (Å²) in [5, 5.41) is 0.616. The molecule has 0 saturated carbocycles. The largest absolute Gasteiger partial charge is 0.333 e. The van der Waals surface area contributed by atoms with E-state index >= 15 is 0 Å². The molecule has 2 saturated heterocycles. The fourth-order valence-corrected chi connectivity index (χ4v) is 4.09. The Kier molecular flexibility index (Phi) is 3.75. The Hall–Kier alpha value is -0.330. The predicted molar refractivity (Wildman–Crippen MR) is 84.4 cm³/mol. The van der Waals surface area contributed by atoms with Crippen LogP contribution in [0.3, 0.4) is 0 Å². The van der Waals surface area contributed by atoms with Crippen molar-refractivity contribution in [2.45, 2.75) is 43.8 Å². The lowest BCUT2D eigenvalue weighted by Gasteiger charge is -2.38. The molecule has 0 radical (unpaired) electrons. The minimum atomic E-state index is 0.117. The van der Waals surface area contributed by atoms with Crippen LogP contribution in [0.4, 0.5) is 0 Å². The first-order chi connectivity index (χ1) is 9.06. The highest BCUT2D eigenvalue weighted by Crippen LogP contribution is 2.36. The first-order valence-electron chi connectivity index (χ1n) is 6.59. The number of piperidine rings is 1. The Morgan fingerprint density at radius 2 is 1.95 bits per heavy atom. The topological polar surface area (TPSA) is 46.3 Å². The smallest absolute Gasteiger partial charge is 0.255 e. The van der Waals surface area contributed by atoms with Crippen LogP contribution in [0.15, 0.2) is 18.2 Å². The second kappa shape index (κ2) is 5.22. The van der Waals surface area contributed by atoms with Gasteiger partial charge in [0, 0.05) is 26.7 Å². The fraction of sp³-hybridized carbons (Fsp3) is 0.500. The van der Waals surface area contributed by atoms with Gasteiger partial charge in [0.15, 0.2) is 0 Å². The van der Waals surface area contributed by atoms with Crippen molar-refractivity contribution in [3.05, 3.63) is 32.4 Å². The second-order valence-electron chi connectivity index (χ2n) is 5.45. The molecule has 3 nitrogen and oxygen atoms in total. The molecule has 1 amide bonds. The summed E-state index contributed by atoms with van der Waals surface area (Å²) in [7, 11) is 0. The summed E-state index contributed by atoms with van der Waals surface area (Å²) in [6.07, 6.45) is 4.03. The molecule has 2 aliphatic heterocycles. The van der Waals surface area contributed by atoms with Crippen molar-refractivity contribution in [3.63, 3.8) is 0 Å². The Bertz CT molecular complexity index is 508. The van der Waals surface area contributed by atoms with E-state index in [1.165, 1.54) is 0 Å². The summed E-state index contributed by atoms with van der Waals surface area (Å²) in [6, 6.07) is 6.38. The van der Waals surface area contributed by atoms with E-state index in [1.54, 1.807) is 6.07 Å². The Morgan fingerprint density at radius 1 is 1.32 bits per heavy atom. The quantitative estimate of drug-likeness (QED) is 0.749. The molecular weight excluding hydrogens is 375 g/mol. The van der Waals surface area contributed by atoms with Gasteiger partial charge in [0.1, 0.15) is 0 Å². The first-order valence-corrected chi connectivity index (χ1v) is 8.05. The molecule has 2 fully saturated rings. The number of halogens is 2. The van der Waals surface area contributed by atoms with Gasteiger partial charge in [-0.3, -0.25) is 4.79 Å². The van der Waals surface area contributed by atoms with Gasteiger partial charge in [-0.15, -0.1) is 0 Å². The average Bonchev–Trinajstić information content (AvgIpc) is 2.64. The Balaban J connectivity index is 1.90. The third-order valence-electron chi connectivity index (χ3n) is 4.16. The van der Waals surface area contributed by atoms with E-state index in [9.17, 15) is 4.79 Å². The van der Waals surface area contributed by atoms with Crippen LogP contribution in [0.25, 0.3) is 0 Å². The van der Waals surface area contributed by atoms with Crippen LogP contribution < -0.4 is 5.73 Å². The highest BCUT2D eigenvalue weighted by atomic mass is 127. The Labute approximate surface area is 131 Å². The van der Waals surface area contributed by atoms with Crippen LogP contribution >= 0.6 is 34.2 Å². The molecule has 2 N–H and O–H groups in total. The molecule has 19 heavy (non-hydrogen) atoms. The van der Waals surface area contributed by atoms with Gasteiger partial charge < -0.3 is 10.6 Å². The molecule has 102 valence electrons. The SMILES string of the molecule is NC1CC2CCC(C1)N2C(=O)c1cc(Cl)ccc1I. The van der Waals surface area contributed by atoms with Crippen LogP contribution in [0, 0.1) is 3.57 Å². The molecule has 0 aromatic heterocycles. The number of nitrogens with two attached hydrogens (primary N) is 1. The van der Waals surface area contributed by atoms with Gasteiger partial charge in [-0.1, -0.05) is 11.6 Å². The van der Waals surface area contributed by atoms with Gasteiger partial charge in [-0.2, -0.15) is 0 Å². The van der Waals surface area contributed by atoms with E-state index in [0.717, 1.165) is 34.8 Å². The maximum atomic E-state index is 12.8. The summed E-state index contributed by atoms with van der Waals surface area (Å²) in [4.78, 5) is 14.8. The van der Waals surface area contributed by atoms with E-state index in [4.69, 9.17) is 17.3 Å². The van der Waals surface area contributed by atoms with Crippen molar-refractivity contribution in [1.29, 1.82) is 0 Å². The zero-order valence-corrected chi connectivity index (χ0v) is 13.4. The summed E-state index contributed by atoms with van der Waals surface area (Å²) in [5.41, 5.74) is 6.77. The van der Waals surface area contributed by atoms with E-state index in [0.29, 0.717) is 17.1 Å². The molecule has 5 heteroatoms. The second-order valence-corrected chi connectivity index (χ2v) is 7.05. The highest BCUT2D eigenvalue weighted by Gasteiger charge is 2.42. The van der Waals surface area contributed by atoms with Crippen LogP contribution in [0.1, 0.15) is 36.0 Å². The summed E-state index contributed by atoms with van der Waals surface area (Å²) in [6.45, 7) is 0. The number of nitrogens with zero attached hydrogens (tertiary/aromatic N) is 1. The van der Waals surface area contributed by atoms with Gasteiger partial charge in [0.05, 0.1) is 5.56 Å². The van der Waals surface area contributed by atoms with Crippen LogP contribution in [0.2, 0.25) is 5.02 Å².